The van der Waals surface area contributed by atoms with Crippen LogP contribution in [0.3, 0.4) is 0 Å². The highest BCUT2D eigenvalue weighted by Crippen LogP contribution is 2.39. The van der Waals surface area contributed by atoms with Crippen LogP contribution in [0.2, 0.25) is 0 Å². The molecule has 0 heterocycles. The molecule has 0 saturated heterocycles. The number of amides is 1. The number of carbonyl (C=O) groups excluding carboxylic acids is 1. The summed E-state index contributed by atoms with van der Waals surface area (Å²) in [5.74, 6) is 0.924. The lowest BCUT2D eigenvalue weighted by Gasteiger charge is -2.28. The lowest BCUT2D eigenvalue weighted by Crippen LogP contribution is -2.42. The standard InChI is InChI=1S/C17H23BrN2O/c1-11-9-14(18)5-8-16(11)19-17(21)10-20(15-6-7-15)12(2)13-3-4-13/h5,8-9,12-13,15H,3-4,6-7,10H2,1-2H3,(H,19,21). The van der Waals surface area contributed by atoms with Gasteiger partial charge in [-0.05, 0) is 69.2 Å². The van der Waals surface area contributed by atoms with Crippen molar-refractivity contribution in [1.29, 1.82) is 0 Å². The molecule has 0 spiro atoms. The molecule has 0 radical (unpaired) electrons. The molecular weight excluding hydrogens is 328 g/mol. The number of halogens is 1. The van der Waals surface area contributed by atoms with Gasteiger partial charge in [0.15, 0.2) is 0 Å². The van der Waals surface area contributed by atoms with Crippen molar-refractivity contribution in [1.82, 2.24) is 4.90 Å². The number of aryl methyl sites for hydroxylation is 1. The van der Waals surface area contributed by atoms with Gasteiger partial charge in [-0.1, -0.05) is 15.9 Å². The van der Waals surface area contributed by atoms with Crippen LogP contribution in [0.25, 0.3) is 0 Å². The van der Waals surface area contributed by atoms with E-state index >= 15 is 0 Å². The van der Waals surface area contributed by atoms with Crippen LogP contribution < -0.4 is 5.32 Å². The van der Waals surface area contributed by atoms with Crippen molar-refractivity contribution in [3.8, 4) is 0 Å². The van der Waals surface area contributed by atoms with Gasteiger partial charge in [-0.2, -0.15) is 0 Å². The maximum absolute atomic E-state index is 12.4. The van der Waals surface area contributed by atoms with E-state index in [2.05, 4.69) is 33.1 Å². The molecule has 2 saturated carbocycles. The van der Waals surface area contributed by atoms with Crippen molar-refractivity contribution in [3.05, 3.63) is 28.2 Å². The van der Waals surface area contributed by atoms with Gasteiger partial charge in [0.25, 0.3) is 0 Å². The number of nitrogens with zero attached hydrogens (tertiary/aromatic N) is 1. The van der Waals surface area contributed by atoms with Crippen LogP contribution in [0, 0.1) is 12.8 Å². The van der Waals surface area contributed by atoms with Crippen molar-refractivity contribution < 1.29 is 4.79 Å². The SMILES string of the molecule is Cc1cc(Br)ccc1NC(=O)CN(C1CC1)C(C)C1CC1. The summed E-state index contributed by atoms with van der Waals surface area (Å²) in [4.78, 5) is 14.8. The van der Waals surface area contributed by atoms with Crippen molar-refractivity contribution in [3.63, 3.8) is 0 Å². The number of carbonyl (C=O) groups is 1. The maximum Gasteiger partial charge on any atom is 0.238 e. The van der Waals surface area contributed by atoms with Crippen LogP contribution in [0.1, 0.15) is 38.2 Å². The number of nitrogens with one attached hydrogen (secondary N) is 1. The molecule has 1 atom stereocenters. The number of hydrogen-bond donors (Lipinski definition) is 1. The lowest BCUT2D eigenvalue weighted by atomic mass is 10.1. The Morgan fingerprint density at radius 1 is 1.38 bits per heavy atom. The third-order valence-corrected chi connectivity index (χ3v) is 5.13. The molecule has 1 N–H and O–H groups in total. The minimum Gasteiger partial charge on any atom is -0.325 e. The van der Waals surface area contributed by atoms with Crippen molar-refractivity contribution in [2.75, 3.05) is 11.9 Å². The van der Waals surface area contributed by atoms with E-state index in [-0.39, 0.29) is 5.91 Å². The van der Waals surface area contributed by atoms with Gasteiger partial charge >= 0.3 is 0 Å². The molecule has 2 fully saturated rings. The Morgan fingerprint density at radius 3 is 2.67 bits per heavy atom. The van der Waals surface area contributed by atoms with E-state index in [1.165, 1.54) is 25.7 Å². The molecule has 114 valence electrons. The van der Waals surface area contributed by atoms with E-state index < -0.39 is 0 Å². The Kier molecular flexibility index (Phi) is 4.36. The largest absolute Gasteiger partial charge is 0.325 e. The van der Waals surface area contributed by atoms with Crippen LogP contribution >= 0.6 is 15.9 Å². The van der Waals surface area contributed by atoms with Crippen molar-refractivity contribution in [2.24, 2.45) is 5.92 Å². The van der Waals surface area contributed by atoms with Crippen LogP contribution in [0.5, 0.6) is 0 Å². The summed E-state index contributed by atoms with van der Waals surface area (Å²) < 4.78 is 1.04. The molecule has 0 aromatic heterocycles. The second-order valence-corrected chi connectivity index (χ2v) is 7.40. The summed E-state index contributed by atoms with van der Waals surface area (Å²) in [6.07, 6.45) is 5.17. The zero-order valence-electron chi connectivity index (χ0n) is 12.7. The number of benzene rings is 1. The number of anilines is 1. The summed E-state index contributed by atoms with van der Waals surface area (Å²) in [5, 5.41) is 3.06. The first kappa shape index (κ1) is 15.0. The van der Waals surface area contributed by atoms with E-state index in [1.807, 2.05) is 25.1 Å². The van der Waals surface area contributed by atoms with Gasteiger partial charge in [-0.3, -0.25) is 9.69 Å². The molecule has 4 heteroatoms. The first-order valence-corrected chi connectivity index (χ1v) is 8.65. The van der Waals surface area contributed by atoms with Gasteiger partial charge in [0, 0.05) is 22.2 Å². The maximum atomic E-state index is 12.4. The zero-order chi connectivity index (χ0) is 15.0. The lowest BCUT2D eigenvalue weighted by molar-refractivity contribution is -0.118. The summed E-state index contributed by atoms with van der Waals surface area (Å²) >= 11 is 3.45. The highest BCUT2D eigenvalue weighted by Gasteiger charge is 2.39. The molecule has 1 aromatic carbocycles. The fourth-order valence-electron chi connectivity index (χ4n) is 2.98. The van der Waals surface area contributed by atoms with Gasteiger partial charge in [-0.25, -0.2) is 0 Å². The van der Waals surface area contributed by atoms with E-state index in [0.717, 1.165) is 21.6 Å². The molecule has 2 aliphatic carbocycles. The molecule has 1 aromatic rings. The number of hydrogen-bond acceptors (Lipinski definition) is 2. The molecule has 1 unspecified atom stereocenters. The molecule has 0 aliphatic heterocycles. The van der Waals surface area contributed by atoms with Gasteiger partial charge < -0.3 is 5.32 Å². The molecule has 1 amide bonds. The van der Waals surface area contributed by atoms with Crippen molar-refractivity contribution >= 4 is 27.5 Å². The van der Waals surface area contributed by atoms with Crippen molar-refractivity contribution in [2.45, 2.75) is 51.6 Å². The third-order valence-electron chi connectivity index (χ3n) is 4.63. The highest BCUT2D eigenvalue weighted by atomic mass is 79.9. The molecule has 0 bridgehead atoms. The summed E-state index contributed by atoms with van der Waals surface area (Å²) in [6.45, 7) is 4.83. The van der Waals surface area contributed by atoms with Gasteiger partial charge in [0.05, 0.1) is 6.54 Å². The third kappa shape index (κ3) is 3.86. The summed E-state index contributed by atoms with van der Waals surface area (Å²) in [5.41, 5.74) is 2.00. The average molecular weight is 351 g/mol. The first-order valence-electron chi connectivity index (χ1n) is 7.86. The summed E-state index contributed by atoms with van der Waals surface area (Å²) in [6, 6.07) is 7.14. The first-order chi connectivity index (χ1) is 10.0. The Hall–Kier alpha value is -0.870. The van der Waals surface area contributed by atoms with Gasteiger partial charge in [-0.15, -0.1) is 0 Å². The Labute approximate surface area is 135 Å². The van der Waals surface area contributed by atoms with E-state index in [4.69, 9.17) is 0 Å². The second-order valence-electron chi connectivity index (χ2n) is 6.49. The Morgan fingerprint density at radius 2 is 2.10 bits per heavy atom. The van der Waals surface area contributed by atoms with Crippen LogP contribution in [0.4, 0.5) is 5.69 Å². The monoisotopic (exact) mass is 350 g/mol. The molecule has 3 rings (SSSR count). The molecule has 2 aliphatic rings. The molecule has 21 heavy (non-hydrogen) atoms. The fourth-order valence-corrected chi connectivity index (χ4v) is 3.46. The fraction of sp³-hybridized carbons (Fsp3) is 0.588. The molecular formula is C17H23BrN2O. The summed E-state index contributed by atoms with van der Waals surface area (Å²) in [7, 11) is 0. The second kappa shape index (κ2) is 6.09. The topological polar surface area (TPSA) is 32.3 Å². The van der Waals surface area contributed by atoms with E-state index in [0.29, 0.717) is 18.6 Å². The van der Waals surface area contributed by atoms with Gasteiger partial charge in [0.2, 0.25) is 5.91 Å². The Bertz CT molecular complexity index is 538. The van der Waals surface area contributed by atoms with Crippen LogP contribution in [-0.2, 0) is 4.79 Å². The van der Waals surface area contributed by atoms with E-state index in [1.54, 1.807) is 0 Å². The zero-order valence-corrected chi connectivity index (χ0v) is 14.3. The number of rotatable bonds is 6. The van der Waals surface area contributed by atoms with E-state index in [9.17, 15) is 4.79 Å². The highest BCUT2D eigenvalue weighted by molar-refractivity contribution is 9.10. The predicted octanol–water partition coefficient (Wildman–Crippen LogP) is 3.96. The minimum absolute atomic E-state index is 0.111. The van der Waals surface area contributed by atoms with Crippen LogP contribution in [0.15, 0.2) is 22.7 Å². The quantitative estimate of drug-likeness (QED) is 0.841. The average Bonchev–Trinajstić information content (AvgIpc) is 3.28. The predicted molar refractivity (Wildman–Crippen MR) is 89.4 cm³/mol. The Balaban J connectivity index is 1.61. The van der Waals surface area contributed by atoms with Crippen LogP contribution in [-0.4, -0.2) is 29.4 Å². The smallest absolute Gasteiger partial charge is 0.238 e. The minimum atomic E-state index is 0.111. The van der Waals surface area contributed by atoms with Gasteiger partial charge in [0.1, 0.15) is 0 Å². The normalized spacial score (nSPS) is 19.6. The molecule has 3 nitrogen and oxygen atoms in total.